The van der Waals surface area contributed by atoms with Gasteiger partial charge in [0.05, 0.1) is 12.2 Å². The molecule has 0 aliphatic rings. The van der Waals surface area contributed by atoms with Crippen molar-refractivity contribution in [3.8, 4) is 0 Å². The van der Waals surface area contributed by atoms with Gasteiger partial charge < -0.3 is 10.6 Å². The number of aromatic amines is 1. The zero-order valence-electron chi connectivity index (χ0n) is 12.7. The van der Waals surface area contributed by atoms with Gasteiger partial charge in [-0.2, -0.15) is 5.21 Å². The van der Waals surface area contributed by atoms with Crippen molar-refractivity contribution in [1.82, 2.24) is 20.6 Å². The summed E-state index contributed by atoms with van der Waals surface area (Å²) < 4.78 is 13.5. The summed E-state index contributed by atoms with van der Waals surface area (Å²) in [5.74, 6) is -0.0545. The molecule has 3 rings (SSSR count). The fraction of sp³-hybridized carbons (Fsp3) is 0.125. The zero-order chi connectivity index (χ0) is 16.8. The highest BCUT2D eigenvalue weighted by molar-refractivity contribution is 5.93. The van der Waals surface area contributed by atoms with Gasteiger partial charge in [-0.3, -0.25) is 4.79 Å². The van der Waals surface area contributed by atoms with E-state index in [1.807, 2.05) is 12.1 Å². The number of tetrazole rings is 1. The van der Waals surface area contributed by atoms with Gasteiger partial charge in [-0.15, -0.1) is 10.2 Å². The van der Waals surface area contributed by atoms with E-state index in [9.17, 15) is 9.18 Å². The molecule has 0 radical (unpaired) electrons. The first-order valence-electron chi connectivity index (χ1n) is 7.30. The van der Waals surface area contributed by atoms with Crippen LogP contribution >= 0.6 is 0 Å². The third-order valence-corrected chi connectivity index (χ3v) is 3.30. The lowest BCUT2D eigenvalue weighted by Gasteiger charge is -2.09. The Hall–Kier alpha value is -3.29. The predicted octanol–water partition coefficient (Wildman–Crippen LogP) is 1.98. The molecule has 0 aliphatic heterocycles. The standard InChI is InChI=1S/C16H15FN6O/c17-13-3-1-2-4-14(13)18-10-16(24)19-12-7-5-11(6-8-12)9-15-20-22-23-21-15/h1-8,18H,9-10H2,(H,19,24)(H,20,21,22,23). The largest absolute Gasteiger partial charge is 0.374 e. The van der Waals surface area contributed by atoms with Gasteiger partial charge in [0.15, 0.2) is 5.82 Å². The van der Waals surface area contributed by atoms with Crippen molar-refractivity contribution in [2.45, 2.75) is 6.42 Å². The summed E-state index contributed by atoms with van der Waals surface area (Å²) in [5.41, 5.74) is 1.95. The predicted molar refractivity (Wildman–Crippen MR) is 86.9 cm³/mol. The van der Waals surface area contributed by atoms with Gasteiger partial charge in [0.1, 0.15) is 5.82 Å². The molecule has 0 unspecified atom stereocenters. The summed E-state index contributed by atoms with van der Waals surface area (Å²) in [6.45, 7) is -0.0223. The molecule has 7 nitrogen and oxygen atoms in total. The SMILES string of the molecule is O=C(CNc1ccccc1F)Nc1ccc(Cc2nn[nH]n2)cc1. The molecule has 0 aliphatic carbocycles. The van der Waals surface area contributed by atoms with E-state index >= 15 is 0 Å². The maximum Gasteiger partial charge on any atom is 0.243 e. The number of anilines is 2. The van der Waals surface area contributed by atoms with Crippen LogP contribution in [0.1, 0.15) is 11.4 Å². The summed E-state index contributed by atoms with van der Waals surface area (Å²) in [7, 11) is 0. The first kappa shape index (κ1) is 15.6. The minimum absolute atomic E-state index is 0.0223. The van der Waals surface area contributed by atoms with Crippen LogP contribution < -0.4 is 10.6 Å². The Morgan fingerprint density at radius 2 is 1.92 bits per heavy atom. The maximum absolute atomic E-state index is 13.5. The van der Waals surface area contributed by atoms with E-state index in [4.69, 9.17) is 0 Å². The third-order valence-electron chi connectivity index (χ3n) is 3.30. The Kier molecular flexibility index (Phi) is 4.76. The van der Waals surface area contributed by atoms with Gasteiger partial charge in [0.25, 0.3) is 0 Å². The second-order valence-electron chi connectivity index (χ2n) is 5.08. The average molecular weight is 326 g/mol. The summed E-state index contributed by atoms with van der Waals surface area (Å²) in [6, 6.07) is 13.5. The molecule has 3 aromatic rings. The van der Waals surface area contributed by atoms with Crippen molar-refractivity contribution < 1.29 is 9.18 Å². The number of halogens is 1. The van der Waals surface area contributed by atoms with Gasteiger partial charge >= 0.3 is 0 Å². The molecular formula is C16H15FN6O. The molecule has 0 spiro atoms. The number of hydrogen-bond donors (Lipinski definition) is 3. The van der Waals surface area contributed by atoms with Crippen LogP contribution in [0.4, 0.5) is 15.8 Å². The van der Waals surface area contributed by atoms with Crippen LogP contribution in [0, 0.1) is 5.82 Å². The molecule has 8 heteroatoms. The van der Waals surface area contributed by atoms with Gasteiger partial charge in [-0.25, -0.2) is 4.39 Å². The van der Waals surface area contributed by atoms with Crippen LogP contribution in [-0.4, -0.2) is 33.1 Å². The van der Waals surface area contributed by atoms with Crippen molar-refractivity contribution in [1.29, 1.82) is 0 Å². The number of aromatic nitrogens is 4. The number of carbonyl (C=O) groups excluding carboxylic acids is 1. The minimum atomic E-state index is -0.392. The molecule has 122 valence electrons. The van der Waals surface area contributed by atoms with E-state index in [0.717, 1.165) is 5.56 Å². The van der Waals surface area contributed by atoms with E-state index < -0.39 is 5.82 Å². The van der Waals surface area contributed by atoms with Crippen molar-refractivity contribution in [3.05, 3.63) is 65.7 Å². The number of rotatable bonds is 6. The summed E-state index contributed by atoms with van der Waals surface area (Å²) in [6.07, 6.45) is 0.555. The normalized spacial score (nSPS) is 10.4. The molecule has 0 atom stereocenters. The lowest BCUT2D eigenvalue weighted by molar-refractivity contribution is -0.114. The lowest BCUT2D eigenvalue weighted by Crippen LogP contribution is -2.22. The molecule has 2 aromatic carbocycles. The van der Waals surface area contributed by atoms with Crippen LogP contribution in [0.2, 0.25) is 0 Å². The highest BCUT2D eigenvalue weighted by Gasteiger charge is 2.06. The van der Waals surface area contributed by atoms with Crippen LogP contribution in [0.5, 0.6) is 0 Å². The minimum Gasteiger partial charge on any atom is -0.374 e. The molecule has 0 fully saturated rings. The van der Waals surface area contributed by atoms with Crippen LogP contribution in [0.25, 0.3) is 0 Å². The number of nitrogens with zero attached hydrogens (tertiary/aromatic N) is 3. The van der Waals surface area contributed by atoms with Gasteiger partial charge in [0.2, 0.25) is 5.91 Å². The topological polar surface area (TPSA) is 95.6 Å². The molecular weight excluding hydrogens is 311 g/mol. The van der Waals surface area contributed by atoms with Crippen LogP contribution in [0.3, 0.4) is 0 Å². The Labute approximate surface area is 137 Å². The molecule has 1 aromatic heterocycles. The maximum atomic E-state index is 13.5. The van der Waals surface area contributed by atoms with E-state index in [1.165, 1.54) is 6.07 Å². The number of carbonyl (C=O) groups is 1. The summed E-state index contributed by atoms with van der Waals surface area (Å²) in [4.78, 5) is 11.9. The van der Waals surface area contributed by atoms with Crippen LogP contribution in [0.15, 0.2) is 48.5 Å². The highest BCUT2D eigenvalue weighted by atomic mass is 19.1. The van der Waals surface area contributed by atoms with E-state index in [1.54, 1.807) is 30.3 Å². The van der Waals surface area contributed by atoms with Crippen molar-refractivity contribution in [2.24, 2.45) is 0 Å². The first-order valence-corrected chi connectivity index (χ1v) is 7.30. The molecule has 0 bridgehead atoms. The fourth-order valence-electron chi connectivity index (χ4n) is 2.13. The number of nitrogens with one attached hydrogen (secondary N) is 3. The van der Waals surface area contributed by atoms with Gasteiger partial charge in [-0.05, 0) is 29.8 Å². The monoisotopic (exact) mass is 326 g/mol. The highest BCUT2D eigenvalue weighted by Crippen LogP contribution is 2.13. The number of benzene rings is 2. The number of hydrogen-bond acceptors (Lipinski definition) is 5. The molecule has 1 heterocycles. The average Bonchev–Trinajstić information content (AvgIpc) is 3.09. The molecule has 1 amide bonds. The smallest absolute Gasteiger partial charge is 0.243 e. The van der Waals surface area contributed by atoms with E-state index in [0.29, 0.717) is 23.6 Å². The summed E-state index contributed by atoms with van der Waals surface area (Å²) >= 11 is 0. The number of H-pyrrole nitrogens is 1. The van der Waals surface area contributed by atoms with E-state index in [2.05, 4.69) is 31.3 Å². The Balaban J connectivity index is 1.52. The van der Waals surface area contributed by atoms with Gasteiger partial charge in [-0.1, -0.05) is 29.5 Å². The molecule has 24 heavy (non-hydrogen) atoms. The van der Waals surface area contributed by atoms with Crippen molar-refractivity contribution in [3.63, 3.8) is 0 Å². The third kappa shape index (κ3) is 4.13. The van der Waals surface area contributed by atoms with E-state index in [-0.39, 0.29) is 12.5 Å². The fourth-order valence-corrected chi connectivity index (χ4v) is 2.13. The number of amides is 1. The van der Waals surface area contributed by atoms with Crippen molar-refractivity contribution in [2.75, 3.05) is 17.2 Å². The molecule has 3 N–H and O–H groups in total. The Morgan fingerprint density at radius 3 is 2.62 bits per heavy atom. The van der Waals surface area contributed by atoms with Gasteiger partial charge in [0, 0.05) is 12.1 Å². The molecule has 0 saturated heterocycles. The summed E-state index contributed by atoms with van der Waals surface area (Å²) in [5, 5.41) is 19.2. The zero-order valence-corrected chi connectivity index (χ0v) is 12.7. The molecule has 0 saturated carbocycles. The first-order chi connectivity index (χ1) is 11.7. The van der Waals surface area contributed by atoms with Crippen LogP contribution in [-0.2, 0) is 11.2 Å². The quantitative estimate of drug-likeness (QED) is 0.644. The van der Waals surface area contributed by atoms with Crippen molar-refractivity contribution >= 4 is 17.3 Å². The Bertz CT molecular complexity index is 804. The second-order valence-corrected chi connectivity index (χ2v) is 5.08. The lowest BCUT2D eigenvalue weighted by atomic mass is 10.1. The Morgan fingerprint density at radius 1 is 1.12 bits per heavy atom. The number of para-hydroxylation sites is 1. The second kappa shape index (κ2) is 7.32.